The highest BCUT2D eigenvalue weighted by Crippen LogP contribution is 2.27. The van der Waals surface area contributed by atoms with Crippen molar-refractivity contribution in [1.82, 2.24) is 10.2 Å². The van der Waals surface area contributed by atoms with E-state index in [1.807, 2.05) is 0 Å². The van der Waals surface area contributed by atoms with Crippen molar-refractivity contribution in [2.75, 3.05) is 39.9 Å². The summed E-state index contributed by atoms with van der Waals surface area (Å²) in [5.74, 6) is 0. The van der Waals surface area contributed by atoms with Crippen molar-refractivity contribution in [2.24, 2.45) is 5.41 Å². The summed E-state index contributed by atoms with van der Waals surface area (Å²) in [7, 11) is 1.78. The van der Waals surface area contributed by atoms with Crippen LogP contribution in [0, 0.1) is 5.41 Å². The quantitative estimate of drug-likeness (QED) is 0.617. The van der Waals surface area contributed by atoms with Crippen molar-refractivity contribution >= 4 is 0 Å². The van der Waals surface area contributed by atoms with Gasteiger partial charge in [0, 0.05) is 32.8 Å². The van der Waals surface area contributed by atoms with E-state index in [0.717, 1.165) is 32.8 Å². The maximum atomic E-state index is 5.23. The van der Waals surface area contributed by atoms with E-state index in [4.69, 9.17) is 4.74 Å². The van der Waals surface area contributed by atoms with Crippen molar-refractivity contribution in [2.45, 2.75) is 53.5 Å². The molecule has 0 aromatic carbocycles. The fourth-order valence-corrected chi connectivity index (χ4v) is 2.33. The number of hydrogen-bond donors (Lipinski definition) is 1. The third-order valence-electron chi connectivity index (χ3n) is 4.10. The van der Waals surface area contributed by atoms with Crippen LogP contribution < -0.4 is 5.32 Å². The molecule has 0 fully saturated rings. The number of methoxy groups -OCH3 is 1. The van der Waals surface area contributed by atoms with Crippen molar-refractivity contribution < 1.29 is 4.74 Å². The molecule has 0 amide bonds. The fraction of sp³-hybridized carbons (Fsp3) is 1.00. The van der Waals surface area contributed by atoms with Crippen LogP contribution in [0.4, 0.5) is 0 Å². The number of hydrogen-bond acceptors (Lipinski definition) is 3. The van der Waals surface area contributed by atoms with Gasteiger partial charge in [-0.05, 0) is 38.6 Å². The molecule has 0 bridgehead atoms. The summed E-state index contributed by atoms with van der Waals surface area (Å²) in [6.45, 7) is 16.6. The van der Waals surface area contributed by atoms with Gasteiger partial charge in [0.25, 0.3) is 0 Å². The summed E-state index contributed by atoms with van der Waals surface area (Å²) in [6.07, 6.45) is 2.46. The van der Waals surface area contributed by atoms with Gasteiger partial charge in [-0.2, -0.15) is 0 Å². The minimum absolute atomic E-state index is 0.397. The number of rotatable bonds is 11. The normalized spacial score (nSPS) is 12.7. The predicted octanol–water partition coefficient (Wildman–Crippen LogP) is 2.76. The zero-order valence-electron chi connectivity index (χ0n) is 13.4. The zero-order valence-corrected chi connectivity index (χ0v) is 13.4. The van der Waals surface area contributed by atoms with E-state index in [2.05, 4.69) is 44.8 Å². The third kappa shape index (κ3) is 6.17. The standard InChI is InChI=1S/C15H34N2O/c1-7-15(8-2,12-16-9-3)13-17(14(4)5)10-11-18-6/h14,16H,7-13H2,1-6H3. The zero-order chi connectivity index (χ0) is 14.0. The van der Waals surface area contributed by atoms with E-state index < -0.39 is 0 Å². The molecular weight excluding hydrogens is 224 g/mol. The molecule has 0 spiro atoms. The molecule has 0 aliphatic carbocycles. The van der Waals surface area contributed by atoms with Crippen LogP contribution in [-0.4, -0.2) is 50.8 Å². The van der Waals surface area contributed by atoms with Crippen molar-refractivity contribution in [3.8, 4) is 0 Å². The Hall–Kier alpha value is -0.120. The van der Waals surface area contributed by atoms with Crippen LogP contribution in [-0.2, 0) is 4.74 Å². The van der Waals surface area contributed by atoms with Crippen LogP contribution in [0.25, 0.3) is 0 Å². The fourth-order valence-electron chi connectivity index (χ4n) is 2.33. The second-order valence-corrected chi connectivity index (χ2v) is 5.54. The average Bonchev–Trinajstić information content (AvgIpc) is 2.38. The molecular formula is C15H34N2O. The molecule has 3 heteroatoms. The first-order chi connectivity index (χ1) is 8.55. The Morgan fingerprint density at radius 1 is 1.17 bits per heavy atom. The molecule has 0 heterocycles. The van der Waals surface area contributed by atoms with Gasteiger partial charge in [0.15, 0.2) is 0 Å². The van der Waals surface area contributed by atoms with E-state index in [9.17, 15) is 0 Å². The molecule has 0 aliphatic heterocycles. The van der Waals surface area contributed by atoms with Gasteiger partial charge in [0.05, 0.1) is 6.61 Å². The van der Waals surface area contributed by atoms with Crippen LogP contribution in [0.3, 0.4) is 0 Å². The van der Waals surface area contributed by atoms with Gasteiger partial charge in [-0.3, -0.25) is 4.90 Å². The molecule has 3 nitrogen and oxygen atoms in total. The first-order valence-electron chi connectivity index (χ1n) is 7.48. The van der Waals surface area contributed by atoms with Crippen LogP contribution in [0.15, 0.2) is 0 Å². The minimum Gasteiger partial charge on any atom is -0.383 e. The van der Waals surface area contributed by atoms with Crippen molar-refractivity contribution in [1.29, 1.82) is 0 Å². The monoisotopic (exact) mass is 258 g/mol. The molecule has 0 saturated carbocycles. The van der Waals surface area contributed by atoms with Gasteiger partial charge in [-0.25, -0.2) is 0 Å². The summed E-state index contributed by atoms with van der Waals surface area (Å²) >= 11 is 0. The summed E-state index contributed by atoms with van der Waals surface area (Å²) in [5, 5.41) is 3.53. The molecule has 1 N–H and O–H groups in total. The van der Waals surface area contributed by atoms with Crippen LogP contribution in [0.5, 0.6) is 0 Å². The number of ether oxygens (including phenoxy) is 1. The maximum Gasteiger partial charge on any atom is 0.0589 e. The Bertz CT molecular complexity index is 191. The van der Waals surface area contributed by atoms with E-state index in [-0.39, 0.29) is 0 Å². The number of nitrogens with zero attached hydrogens (tertiary/aromatic N) is 1. The number of nitrogens with one attached hydrogen (secondary N) is 1. The maximum absolute atomic E-state index is 5.23. The summed E-state index contributed by atoms with van der Waals surface area (Å²) in [6, 6.07) is 0.583. The van der Waals surface area contributed by atoms with Crippen LogP contribution in [0.2, 0.25) is 0 Å². The summed E-state index contributed by atoms with van der Waals surface area (Å²) in [5.41, 5.74) is 0.397. The molecule has 0 aromatic rings. The van der Waals surface area contributed by atoms with Gasteiger partial charge >= 0.3 is 0 Å². The van der Waals surface area contributed by atoms with Crippen molar-refractivity contribution in [3.63, 3.8) is 0 Å². The first kappa shape index (κ1) is 17.9. The molecule has 0 radical (unpaired) electrons. The minimum atomic E-state index is 0.397. The molecule has 18 heavy (non-hydrogen) atoms. The highest BCUT2D eigenvalue weighted by molar-refractivity contribution is 4.84. The second kappa shape index (κ2) is 9.76. The lowest BCUT2D eigenvalue weighted by atomic mass is 9.81. The average molecular weight is 258 g/mol. The van der Waals surface area contributed by atoms with Crippen molar-refractivity contribution in [3.05, 3.63) is 0 Å². The van der Waals surface area contributed by atoms with Gasteiger partial charge < -0.3 is 10.1 Å². The Morgan fingerprint density at radius 2 is 1.78 bits per heavy atom. The van der Waals surface area contributed by atoms with Gasteiger partial charge in [0.2, 0.25) is 0 Å². The molecule has 0 rings (SSSR count). The lowest BCUT2D eigenvalue weighted by Gasteiger charge is -2.39. The highest BCUT2D eigenvalue weighted by Gasteiger charge is 2.29. The molecule has 0 unspecified atom stereocenters. The molecule has 0 saturated heterocycles. The van der Waals surface area contributed by atoms with Gasteiger partial charge in [-0.1, -0.05) is 20.8 Å². The first-order valence-corrected chi connectivity index (χ1v) is 7.48. The lowest BCUT2D eigenvalue weighted by molar-refractivity contribution is 0.0781. The molecule has 0 aliphatic rings. The van der Waals surface area contributed by atoms with E-state index in [1.54, 1.807) is 7.11 Å². The summed E-state index contributed by atoms with van der Waals surface area (Å²) in [4.78, 5) is 2.55. The Kier molecular flexibility index (Phi) is 9.70. The Morgan fingerprint density at radius 3 is 2.17 bits per heavy atom. The van der Waals surface area contributed by atoms with E-state index in [0.29, 0.717) is 11.5 Å². The third-order valence-corrected chi connectivity index (χ3v) is 4.10. The molecule has 0 aromatic heterocycles. The largest absolute Gasteiger partial charge is 0.383 e. The summed E-state index contributed by atoms with van der Waals surface area (Å²) < 4.78 is 5.23. The van der Waals surface area contributed by atoms with E-state index in [1.165, 1.54) is 12.8 Å². The SMILES string of the molecule is CCNCC(CC)(CC)CN(CCOC)C(C)C. The van der Waals surface area contributed by atoms with Gasteiger partial charge in [-0.15, -0.1) is 0 Å². The predicted molar refractivity (Wildman–Crippen MR) is 80.1 cm³/mol. The Labute approximate surface area is 114 Å². The highest BCUT2D eigenvalue weighted by atomic mass is 16.5. The topological polar surface area (TPSA) is 24.5 Å². The molecule has 0 atom stereocenters. The lowest BCUT2D eigenvalue weighted by Crippen LogP contribution is -2.47. The smallest absolute Gasteiger partial charge is 0.0589 e. The van der Waals surface area contributed by atoms with Crippen LogP contribution >= 0.6 is 0 Å². The van der Waals surface area contributed by atoms with Crippen LogP contribution in [0.1, 0.15) is 47.5 Å². The second-order valence-electron chi connectivity index (χ2n) is 5.54. The van der Waals surface area contributed by atoms with Gasteiger partial charge in [0.1, 0.15) is 0 Å². The Balaban J connectivity index is 4.57. The molecule has 110 valence electrons. The van der Waals surface area contributed by atoms with E-state index >= 15 is 0 Å².